The maximum atomic E-state index is 12.8. The quantitative estimate of drug-likeness (QED) is 0.906. The van der Waals surface area contributed by atoms with Gasteiger partial charge in [-0.15, -0.1) is 11.3 Å². The van der Waals surface area contributed by atoms with Crippen LogP contribution in [-0.2, 0) is 22.4 Å². The summed E-state index contributed by atoms with van der Waals surface area (Å²) < 4.78 is 0. The van der Waals surface area contributed by atoms with Gasteiger partial charge in [-0.2, -0.15) is 0 Å². The van der Waals surface area contributed by atoms with E-state index in [-0.39, 0.29) is 17.7 Å². The van der Waals surface area contributed by atoms with Gasteiger partial charge in [0.25, 0.3) is 0 Å². The standard InChI is InChI=1S/C18H27N3O2S/c1-12(2)16(21-11-7-10-15(21)22)17(23)20-18-19-13-8-5-3-4-6-9-14(13)24-18/h12,16H,3-11H2,1-2H3,(H,19,20,23). The molecule has 0 aromatic carbocycles. The number of anilines is 1. The molecule has 24 heavy (non-hydrogen) atoms. The minimum Gasteiger partial charge on any atom is -0.330 e. The highest BCUT2D eigenvalue weighted by atomic mass is 32.1. The molecular formula is C18H27N3O2S. The molecule has 3 rings (SSSR count). The van der Waals surface area contributed by atoms with Crippen molar-refractivity contribution in [2.75, 3.05) is 11.9 Å². The SMILES string of the molecule is CC(C)C(C(=O)Nc1nc2c(s1)CCCCCC2)N1CCCC1=O. The summed E-state index contributed by atoms with van der Waals surface area (Å²) in [6, 6.07) is -0.397. The maximum Gasteiger partial charge on any atom is 0.249 e. The Morgan fingerprint density at radius 2 is 1.88 bits per heavy atom. The maximum absolute atomic E-state index is 12.8. The number of fused-ring (bicyclic) bond motifs is 1. The Balaban J connectivity index is 1.73. The van der Waals surface area contributed by atoms with Crippen molar-refractivity contribution in [2.45, 2.75) is 71.3 Å². The summed E-state index contributed by atoms with van der Waals surface area (Å²) in [5.74, 6) is 0.0882. The normalized spacial score (nSPS) is 19.8. The van der Waals surface area contributed by atoms with Crippen molar-refractivity contribution in [3.05, 3.63) is 10.6 Å². The van der Waals surface area contributed by atoms with Crippen LogP contribution in [0.3, 0.4) is 0 Å². The molecule has 2 aliphatic rings. The Labute approximate surface area is 147 Å². The van der Waals surface area contributed by atoms with Crippen LogP contribution in [0.1, 0.15) is 62.9 Å². The lowest BCUT2D eigenvalue weighted by atomic mass is 10.0. The van der Waals surface area contributed by atoms with E-state index in [1.807, 2.05) is 13.8 Å². The summed E-state index contributed by atoms with van der Waals surface area (Å²) in [7, 11) is 0. The Kier molecular flexibility index (Phi) is 5.54. The van der Waals surface area contributed by atoms with E-state index in [9.17, 15) is 9.59 Å². The predicted molar refractivity (Wildman–Crippen MR) is 96.2 cm³/mol. The molecule has 1 atom stereocenters. The molecule has 1 aromatic heterocycles. The Bertz CT molecular complexity index is 586. The molecule has 1 N–H and O–H groups in total. The van der Waals surface area contributed by atoms with Crippen LogP contribution in [0.25, 0.3) is 0 Å². The van der Waals surface area contributed by atoms with Gasteiger partial charge in [0.2, 0.25) is 11.8 Å². The van der Waals surface area contributed by atoms with E-state index in [1.165, 1.54) is 30.6 Å². The van der Waals surface area contributed by atoms with Crippen molar-refractivity contribution in [1.29, 1.82) is 0 Å². The first-order chi connectivity index (χ1) is 11.6. The number of nitrogens with one attached hydrogen (secondary N) is 1. The molecule has 0 saturated carbocycles. The fourth-order valence-electron chi connectivity index (χ4n) is 3.71. The van der Waals surface area contributed by atoms with E-state index in [0.717, 1.165) is 25.0 Å². The Hall–Kier alpha value is -1.43. The molecule has 1 fully saturated rings. The third-order valence-corrected chi connectivity index (χ3v) is 5.99. The highest BCUT2D eigenvalue weighted by Crippen LogP contribution is 2.29. The van der Waals surface area contributed by atoms with Gasteiger partial charge in [-0.3, -0.25) is 9.59 Å². The minimum atomic E-state index is -0.397. The monoisotopic (exact) mass is 349 g/mol. The number of carbonyl (C=O) groups is 2. The number of nitrogens with zero attached hydrogens (tertiary/aromatic N) is 2. The van der Waals surface area contributed by atoms with Crippen LogP contribution < -0.4 is 5.32 Å². The van der Waals surface area contributed by atoms with E-state index in [0.29, 0.717) is 18.1 Å². The van der Waals surface area contributed by atoms with Crippen molar-refractivity contribution in [2.24, 2.45) is 5.92 Å². The molecule has 0 bridgehead atoms. The molecule has 5 nitrogen and oxygen atoms in total. The summed E-state index contributed by atoms with van der Waals surface area (Å²) in [6.07, 6.45) is 8.43. The molecule has 0 spiro atoms. The largest absolute Gasteiger partial charge is 0.330 e. The van der Waals surface area contributed by atoms with Crippen LogP contribution in [0.15, 0.2) is 0 Å². The third-order valence-electron chi connectivity index (χ3n) is 4.92. The van der Waals surface area contributed by atoms with E-state index in [4.69, 9.17) is 0 Å². The van der Waals surface area contributed by atoms with Crippen LogP contribution in [-0.4, -0.2) is 34.3 Å². The number of aryl methyl sites for hydroxylation is 2. The van der Waals surface area contributed by atoms with Gasteiger partial charge in [0, 0.05) is 17.8 Å². The second-order valence-electron chi connectivity index (χ2n) is 7.17. The van der Waals surface area contributed by atoms with Crippen LogP contribution >= 0.6 is 11.3 Å². The summed E-state index contributed by atoms with van der Waals surface area (Å²) in [5, 5.41) is 3.69. The zero-order valence-corrected chi connectivity index (χ0v) is 15.5. The summed E-state index contributed by atoms with van der Waals surface area (Å²) in [5.41, 5.74) is 1.16. The van der Waals surface area contributed by atoms with E-state index in [1.54, 1.807) is 16.2 Å². The number of hydrogen-bond acceptors (Lipinski definition) is 4. The first-order valence-corrected chi connectivity index (χ1v) is 9.97. The first-order valence-electron chi connectivity index (χ1n) is 9.15. The summed E-state index contributed by atoms with van der Waals surface area (Å²) in [6.45, 7) is 4.68. The lowest BCUT2D eigenvalue weighted by molar-refractivity contribution is -0.136. The van der Waals surface area contributed by atoms with Gasteiger partial charge >= 0.3 is 0 Å². The molecule has 1 unspecified atom stereocenters. The van der Waals surface area contributed by atoms with Crippen molar-refractivity contribution in [3.63, 3.8) is 0 Å². The van der Waals surface area contributed by atoms with Crippen molar-refractivity contribution < 1.29 is 9.59 Å². The molecule has 0 radical (unpaired) electrons. The van der Waals surface area contributed by atoms with Crippen molar-refractivity contribution in [1.82, 2.24) is 9.88 Å². The fraction of sp³-hybridized carbons (Fsp3) is 0.722. The predicted octanol–water partition coefficient (Wildman–Crippen LogP) is 3.39. The molecular weight excluding hydrogens is 322 g/mol. The van der Waals surface area contributed by atoms with E-state index < -0.39 is 6.04 Å². The number of likely N-dealkylation sites (tertiary alicyclic amines) is 1. The topological polar surface area (TPSA) is 62.3 Å². The lowest BCUT2D eigenvalue weighted by Gasteiger charge is -2.29. The third kappa shape index (κ3) is 3.79. The Morgan fingerprint density at radius 3 is 2.54 bits per heavy atom. The molecule has 1 aromatic rings. The number of thiazole rings is 1. The zero-order valence-electron chi connectivity index (χ0n) is 14.6. The molecule has 6 heteroatoms. The van der Waals surface area contributed by atoms with E-state index in [2.05, 4.69) is 10.3 Å². The van der Waals surface area contributed by atoms with Crippen LogP contribution in [0.2, 0.25) is 0 Å². The highest BCUT2D eigenvalue weighted by Gasteiger charge is 2.35. The minimum absolute atomic E-state index is 0.0908. The van der Waals surface area contributed by atoms with Crippen LogP contribution in [0, 0.1) is 5.92 Å². The van der Waals surface area contributed by atoms with E-state index >= 15 is 0 Å². The number of aromatic nitrogens is 1. The second kappa shape index (κ2) is 7.64. The van der Waals surface area contributed by atoms with Crippen molar-refractivity contribution in [3.8, 4) is 0 Å². The Morgan fingerprint density at radius 1 is 1.12 bits per heavy atom. The van der Waals surface area contributed by atoms with Gasteiger partial charge in [-0.05, 0) is 38.0 Å². The molecule has 132 valence electrons. The fourth-order valence-corrected chi connectivity index (χ4v) is 4.76. The number of amides is 2. The molecule has 1 saturated heterocycles. The molecule has 2 amide bonds. The second-order valence-corrected chi connectivity index (χ2v) is 8.26. The van der Waals surface area contributed by atoms with Gasteiger partial charge in [-0.1, -0.05) is 26.7 Å². The van der Waals surface area contributed by atoms with Gasteiger partial charge in [0.15, 0.2) is 5.13 Å². The van der Waals surface area contributed by atoms with Gasteiger partial charge < -0.3 is 10.2 Å². The summed E-state index contributed by atoms with van der Waals surface area (Å²) >= 11 is 1.61. The smallest absolute Gasteiger partial charge is 0.249 e. The highest BCUT2D eigenvalue weighted by molar-refractivity contribution is 7.15. The molecule has 1 aliphatic carbocycles. The zero-order chi connectivity index (χ0) is 17.1. The summed E-state index contributed by atoms with van der Waals surface area (Å²) in [4.78, 5) is 32.6. The van der Waals surface area contributed by atoms with Crippen LogP contribution in [0.5, 0.6) is 0 Å². The number of hydrogen-bond donors (Lipinski definition) is 1. The average molecular weight is 350 g/mol. The number of rotatable bonds is 4. The lowest BCUT2D eigenvalue weighted by Crippen LogP contribution is -2.47. The average Bonchev–Trinajstić information content (AvgIpc) is 3.06. The molecule has 2 heterocycles. The molecule has 1 aliphatic heterocycles. The van der Waals surface area contributed by atoms with Gasteiger partial charge in [0.1, 0.15) is 6.04 Å². The number of carbonyl (C=O) groups excluding carboxylic acids is 2. The van der Waals surface area contributed by atoms with Gasteiger partial charge in [0.05, 0.1) is 5.69 Å². The van der Waals surface area contributed by atoms with Crippen molar-refractivity contribution >= 4 is 28.3 Å². The van der Waals surface area contributed by atoms with Crippen LogP contribution in [0.4, 0.5) is 5.13 Å². The first kappa shape index (κ1) is 17.4. The van der Waals surface area contributed by atoms with Gasteiger partial charge in [-0.25, -0.2) is 4.98 Å².